The summed E-state index contributed by atoms with van der Waals surface area (Å²) in [5.74, 6) is 0. The molecule has 0 amide bonds. The Balaban J connectivity index is 2.20. The number of amidine groups is 1. The Morgan fingerprint density at radius 3 is 2.75 bits per heavy atom. The molecular weight excluding hydrogens is 249 g/mol. The van der Waals surface area contributed by atoms with E-state index in [0.29, 0.717) is 22.2 Å². The summed E-state index contributed by atoms with van der Waals surface area (Å²) in [6.45, 7) is 0.396. The monoisotopic (exact) mass is 255 g/mol. The van der Waals surface area contributed by atoms with Gasteiger partial charge in [-0.05, 0) is 12.1 Å². The molecule has 1 aromatic carbocycles. The van der Waals surface area contributed by atoms with Crippen molar-refractivity contribution in [2.45, 2.75) is 6.10 Å². The predicted octanol–water partition coefficient (Wildman–Crippen LogP) is 2.49. The Morgan fingerprint density at radius 1 is 1.44 bits per heavy atom. The van der Waals surface area contributed by atoms with Crippen LogP contribution in [0.15, 0.2) is 23.2 Å². The first-order chi connectivity index (χ1) is 7.72. The van der Waals surface area contributed by atoms with Gasteiger partial charge in [0.2, 0.25) is 0 Å². The van der Waals surface area contributed by atoms with Gasteiger partial charge in [-0.1, -0.05) is 29.3 Å². The molecular formula is C10H7Cl2N3O. The van der Waals surface area contributed by atoms with Gasteiger partial charge in [0.15, 0.2) is 6.19 Å². The normalized spacial score (nSPS) is 18.6. The van der Waals surface area contributed by atoms with Gasteiger partial charge in [0, 0.05) is 15.6 Å². The lowest BCUT2D eigenvalue weighted by Crippen LogP contribution is -2.18. The minimum absolute atomic E-state index is 0.198. The van der Waals surface area contributed by atoms with Crippen molar-refractivity contribution in [2.75, 3.05) is 6.54 Å². The fourth-order valence-electron chi connectivity index (χ4n) is 1.46. The summed E-state index contributed by atoms with van der Waals surface area (Å²) in [7, 11) is 0. The number of aliphatic imine (C=N–C) groups is 1. The molecule has 1 N–H and O–H groups in total. The highest BCUT2D eigenvalue weighted by molar-refractivity contribution is 6.36. The van der Waals surface area contributed by atoms with Crippen molar-refractivity contribution < 1.29 is 4.74 Å². The van der Waals surface area contributed by atoms with Gasteiger partial charge in [-0.15, -0.1) is 0 Å². The van der Waals surface area contributed by atoms with Crippen LogP contribution in [0.3, 0.4) is 0 Å². The lowest BCUT2D eigenvalue weighted by Gasteiger charge is -2.13. The van der Waals surface area contributed by atoms with E-state index in [0.717, 1.165) is 0 Å². The number of hydrogen-bond donors (Lipinski definition) is 1. The number of hydrogen-bond acceptors (Lipinski definition) is 4. The first-order valence-electron chi connectivity index (χ1n) is 4.52. The van der Waals surface area contributed by atoms with Crippen LogP contribution >= 0.6 is 23.2 Å². The number of nitrogens with one attached hydrogen (secondary N) is 1. The van der Waals surface area contributed by atoms with Crippen LogP contribution in [-0.2, 0) is 4.74 Å². The van der Waals surface area contributed by atoms with E-state index in [1.54, 1.807) is 24.4 Å². The number of rotatable bonds is 1. The van der Waals surface area contributed by atoms with Crippen LogP contribution < -0.4 is 5.32 Å². The van der Waals surface area contributed by atoms with E-state index in [-0.39, 0.29) is 12.1 Å². The molecule has 0 radical (unpaired) electrons. The van der Waals surface area contributed by atoms with E-state index in [9.17, 15) is 0 Å². The van der Waals surface area contributed by atoms with Gasteiger partial charge < -0.3 is 4.74 Å². The summed E-state index contributed by atoms with van der Waals surface area (Å²) in [6, 6.07) is 5.44. The van der Waals surface area contributed by atoms with Crippen LogP contribution in [-0.4, -0.2) is 12.6 Å². The van der Waals surface area contributed by atoms with Gasteiger partial charge >= 0.3 is 0 Å². The molecule has 6 heteroatoms. The second-order valence-corrected chi connectivity index (χ2v) is 3.94. The molecule has 16 heavy (non-hydrogen) atoms. The summed E-state index contributed by atoms with van der Waals surface area (Å²) in [4.78, 5) is 4.01. The molecule has 1 aliphatic rings. The third kappa shape index (κ3) is 2.06. The maximum Gasteiger partial charge on any atom is 0.299 e. The summed E-state index contributed by atoms with van der Waals surface area (Å²) >= 11 is 12.1. The molecule has 0 aliphatic carbocycles. The second-order valence-electron chi connectivity index (χ2n) is 3.12. The number of benzene rings is 1. The van der Waals surface area contributed by atoms with Crippen molar-refractivity contribution in [1.82, 2.24) is 5.32 Å². The summed E-state index contributed by atoms with van der Waals surface area (Å²) < 4.78 is 5.40. The zero-order valence-corrected chi connectivity index (χ0v) is 9.59. The van der Waals surface area contributed by atoms with Crippen molar-refractivity contribution >= 4 is 29.2 Å². The maximum absolute atomic E-state index is 8.42. The third-order valence-electron chi connectivity index (χ3n) is 2.14. The summed E-state index contributed by atoms with van der Waals surface area (Å²) in [5.41, 5.74) is 0.698. The van der Waals surface area contributed by atoms with Crippen LogP contribution in [0.5, 0.6) is 0 Å². The maximum atomic E-state index is 8.42. The van der Waals surface area contributed by atoms with Crippen molar-refractivity contribution in [2.24, 2.45) is 4.99 Å². The third-order valence-corrected chi connectivity index (χ3v) is 2.80. The topological polar surface area (TPSA) is 57.4 Å². The van der Waals surface area contributed by atoms with Crippen LogP contribution in [0.2, 0.25) is 10.0 Å². The molecule has 0 saturated heterocycles. The average Bonchev–Trinajstić information content (AvgIpc) is 2.67. The van der Waals surface area contributed by atoms with Crippen molar-refractivity contribution in [3.63, 3.8) is 0 Å². The Morgan fingerprint density at radius 2 is 2.12 bits per heavy atom. The first-order valence-corrected chi connectivity index (χ1v) is 5.28. The molecule has 0 saturated carbocycles. The van der Waals surface area contributed by atoms with Gasteiger partial charge in [0.05, 0.1) is 6.54 Å². The molecule has 4 nitrogen and oxygen atoms in total. The average molecular weight is 256 g/mol. The number of nitriles is 1. The quantitative estimate of drug-likeness (QED) is 0.620. The highest BCUT2D eigenvalue weighted by atomic mass is 35.5. The van der Waals surface area contributed by atoms with E-state index >= 15 is 0 Å². The molecule has 2 rings (SSSR count). The smallest absolute Gasteiger partial charge is 0.299 e. The van der Waals surface area contributed by atoms with E-state index in [2.05, 4.69) is 10.3 Å². The van der Waals surface area contributed by atoms with Crippen LogP contribution in [0.4, 0.5) is 0 Å². The molecule has 82 valence electrons. The minimum atomic E-state index is -0.336. The molecule has 1 aliphatic heterocycles. The molecule has 1 atom stereocenters. The number of halogens is 2. The molecule has 0 bridgehead atoms. The van der Waals surface area contributed by atoms with E-state index in [4.69, 9.17) is 33.2 Å². The minimum Gasteiger partial charge on any atom is -0.454 e. The standard InChI is InChI=1S/C10H7Cl2N3O/c11-6-2-1-3-7(12)9(6)8-4-14-10(16-8)15-5-13/h1-3,8H,4H2,(H,14,15). The van der Waals surface area contributed by atoms with Crippen molar-refractivity contribution in [3.8, 4) is 6.19 Å². The number of ether oxygens (including phenoxy) is 1. The van der Waals surface area contributed by atoms with Gasteiger partial charge in [0.1, 0.15) is 6.10 Å². The Bertz CT molecular complexity index is 461. The molecule has 0 spiro atoms. The van der Waals surface area contributed by atoms with E-state index < -0.39 is 0 Å². The van der Waals surface area contributed by atoms with Crippen molar-refractivity contribution in [1.29, 1.82) is 5.26 Å². The largest absolute Gasteiger partial charge is 0.454 e. The number of nitrogens with zero attached hydrogens (tertiary/aromatic N) is 2. The fraction of sp³-hybridized carbons (Fsp3) is 0.200. The highest BCUT2D eigenvalue weighted by Crippen LogP contribution is 2.34. The Labute approximate surface area is 102 Å². The van der Waals surface area contributed by atoms with Gasteiger partial charge in [0.25, 0.3) is 6.02 Å². The van der Waals surface area contributed by atoms with E-state index in [1.807, 2.05) is 0 Å². The van der Waals surface area contributed by atoms with Gasteiger partial charge in [-0.25, -0.2) is 10.3 Å². The summed E-state index contributed by atoms with van der Waals surface area (Å²) in [6.07, 6.45) is 1.40. The Kier molecular flexibility index (Phi) is 3.18. The van der Waals surface area contributed by atoms with Crippen LogP contribution in [0.1, 0.15) is 11.7 Å². The first kappa shape index (κ1) is 11.1. The van der Waals surface area contributed by atoms with E-state index in [1.165, 1.54) is 0 Å². The zero-order chi connectivity index (χ0) is 11.5. The molecule has 1 heterocycles. The molecule has 0 fully saturated rings. The fourth-order valence-corrected chi connectivity index (χ4v) is 2.10. The lowest BCUT2D eigenvalue weighted by atomic mass is 10.1. The van der Waals surface area contributed by atoms with Gasteiger partial charge in [-0.3, -0.25) is 0 Å². The molecule has 1 unspecified atom stereocenters. The van der Waals surface area contributed by atoms with Crippen molar-refractivity contribution in [3.05, 3.63) is 33.8 Å². The summed E-state index contributed by atoms with van der Waals surface area (Å²) in [5, 5.41) is 11.8. The van der Waals surface area contributed by atoms with Crippen LogP contribution in [0.25, 0.3) is 0 Å². The van der Waals surface area contributed by atoms with Crippen LogP contribution in [0, 0.1) is 11.5 Å². The Hall–Kier alpha value is -1.44. The lowest BCUT2D eigenvalue weighted by molar-refractivity contribution is 0.223. The zero-order valence-electron chi connectivity index (χ0n) is 8.08. The predicted molar refractivity (Wildman–Crippen MR) is 61.3 cm³/mol. The molecule has 0 aromatic heterocycles. The second kappa shape index (κ2) is 4.60. The highest BCUT2D eigenvalue weighted by Gasteiger charge is 2.25. The van der Waals surface area contributed by atoms with Gasteiger partial charge in [-0.2, -0.15) is 5.26 Å². The molecule has 1 aromatic rings. The SMILES string of the molecule is N#CNC1=NCC(c2c(Cl)cccc2Cl)O1.